The summed E-state index contributed by atoms with van der Waals surface area (Å²) in [5.74, 6) is 0.861. The van der Waals surface area contributed by atoms with Gasteiger partial charge in [0.25, 0.3) is 0 Å². The first-order valence-corrected chi connectivity index (χ1v) is 6.72. The first-order chi connectivity index (χ1) is 8.75. The molecule has 0 spiro atoms. The summed E-state index contributed by atoms with van der Waals surface area (Å²) in [6.45, 7) is 0.519. The third-order valence-electron chi connectivity index (χ3n) is 2.65. The third-order valence-corrected chi connectivity index (χ3v) is 3.42. The van der Waals surface area contributed by atoms with Gasteiger partial charge in [-0.15, -0.1) is 0 Å². The number of ether oxygens (including phenoxy) is 1. The van der Waals surface area contributed by atoms with Gasteiger partial charge in [-0.3, -0.25) is 0 Å². The molecule has 2 N–H and O–H groups in total. The number of benzene rings is 2. The molecule has 0 radical (unpaired) electrons. The smallest absolute Gasteiger partial charge is 0.119 e. The average molecular weight is 306 g/mol. The van der Waals surface area contributed by atoms with Crippen molar-refractivity contribution in [2.45, 2.75) is 12.5 Å². The van der Waals surface area contributed by atoms with Gasteiger partial charge in [0.2, 0.25) is 0 Å². The van der Waals surface area contributed by atoms with E-state index in [-0.39, 0.29) is 6.04 Å². The second-order valence-electron chi connectivity index (χ2n) is 4.18. The second kappa shape index (κ2) is 6.57. The molecule has 2 aromatic carbocycles. The highest BCUT2D eigenvalue weighted by molar-refractivity contribution is 9.10. The van der Waals surface area contributed by atoms with Gasteiger partial charge in [-0.25, -0.2) is 0 Å². The molecule has 0 aromatic heterocycles. The van der Waals surface area contributed by atoms with E-state index < -0.39 is 0 Å². The van der Waals surface area contributed by atoms with Crippen LogP contribution in [-0.4, -0.2) is 12.6 Å². The van der Waals surface area contributed by atoms with Crippen molar-refractivity contribution in [3.63, 3.8) is 0 Å². The van der Waals surface area contributed by atoms with E-state index in [1.807, 2.05) is 48.5 Å². The van der Waals surface area contributed by atoms with Crippen LogP contribution in [-0.2, 0) is 6.42 Å². The van der Waals surface area contributed by atoms with Gasteiger partial charge in [-0.05, 0) is 30.2 Å². The highest BCUT2D eigenvalue weighted by Crippen LogP contribution is 2.17. The summed E-state index contributed by atoms with van der Waals surface area (Å²) >= 11 is 3.52. The van der Waals surface area contributed by atoms with Gasteiger partial charge in [0, 0.05) is 10.5 Å². The van der Waals surface area contributed by atoms with Crippen LogP contribution in [0.3, 0.4) is 0 Å². The highest BCUT2D eigenvalue weighted by atomic mass is 79.9. The third kappa shape index (κ3) is 3.86. The van der Waals surface area contributed by atoms with Crippen LogP contribution in [0.1, 0.15) is 5.56 Å². The predicted molar refractivity (Wildman–Crippen MR) is 77.8 cm³/mol. The maximum absolute atomic E-state index is 6.08. The number of halogens is 1. The zero-order valence-corrected chi connectivity index (χ0v) is 11.6. The summed E-state index contributed by atoms with van der Waals surface area (Å²) in [4.78, 5) is 0. The van der Waals surface area contributed by atoms with Gasteiger partial charge >= 0.3 is 0 Å². The Morgan fingerprint density at radius 2 is 1.67 bits per heavy atom. The monoisotopic (exact) mass is 305 g/mol. The Balaban J connectivity index is 1.86. The van der Waals surface area contributed by atoms with Crippen LogP contribution in [0.4, 0.5) is 0 Å². The molecule has 2 aromatic rings. The van der Waals surface area contributed by atoms with E-state index in [4.69, 9.17) is 10.5 Å². The molecule has 0 bridgehead atoms. The fourth-order valence-electron chi connectivity index (χ4n) is 1.73. The molecule has 2 rings (SSSR count). The first kappa shape index (κ1) is 13.1. The van der Waals surface area contributed by atoms with Crippen LogP contribution in [0.25, 0.3) is 0 Å². The molecule has 1 atom stereocenters. The summed E-state index contributed by atoms with van der Waals surface area (Å²) in [5.41, 5.74) is 7.29. The van der Waals surface area contributed by atoms with E-state index in [1.54, 1.807) is 0 Å². The predicted octanol–water partition coefficient (Wildman–Crippen LogP) is 3.40. The fourth-order valence-corrected chi connectivity index (χ4v) is 2.17. The van der Waals surface area contributed by atoms with Crippen molar-refractivity contribution in [3.05, 3.63) is 64.6 Å². The number of hydrogen-bond donors (Lipinski definition) is 1. The molecule has 0 heterocycles. The molecule has 0 amide bonds. The molecule has 0 aliphatic carbocycles. The summed E-state index contributed by atoms with van der Waals surface area (Å²) in [6.07, 6.45) is 0.800. The van der Waals surface area contributed by atoms with E-state index in [9.17, 15) is 0 Å². The van der Waals surface area contributed by atoms with Crippen LogP contribution in [0.5, 0.6) is 5.75 Å². The number of hydrogen-bond acceptors (Lipinski definition) is 2. The van der Waals surface area contributed by atoms with Crippen LogP contribution >= 0.6 is 15.9 Å². The van der Waals surface area contributed by atoms with Gasteiger partial charge in [-0.1, -0.05) is 52.3 Å². The zero-order valence-electron chi connectivity index (χ0n) is 10.1. The van der Waals surface area contributed by atoms with E-state index in [0.717, 1.165) is 16.6 Å². The fraction of sp³-hybridized carbons (Fsp3) is 0.200. The van der Waals surface area contributed by atoms with Crippen molar-refractivity contribution in [2.75, 3.05) is 6.61 Å². The van der Waals surface area contributed by atoms with Gasteiger partial charge in [0.15, 0.2) is 0 Å². The van der Waals surface area contributed by atoms with E-state index >= 15 is 0 Å². The lowest BCUT2D eigenvalue weighted by molar-refractivity contribution is 0.287. The van der Waals surface area contributed by atoms with E-state index in [2.05, 4.69) is 22.0 Å². The highest BCUT2D eigenvalue weighted by Gasteiger charge is 2.07. The van der Waals surface area contributed by atoms with Crippen molar-refractivity contribution in [1.82, 2.24) is 0 Å². The van der Waals surface area contributed by atoms with E-state index in [1.165, 1.54) is 5.56 Å². The van der Waals surface area contributed by atoms with Gasteiger partial charge in [-0.2, -0.15) is 0 Å². The molecular formula is C15H16BrNO. The molecule has 0 fully saturated rings. The lowest BCUT2D eigenvalue weighted by Crippen LogP contribution is -2.30. The molecule has 0 saturated carbocycles. The molecule has 2 nitrogen and oxygen atoms in total. The topological polar surface area (TPSA) is 35.2 Å². The second-order valence-corrected chi connectivity index (χ2v) is 5.03. The Morgan fingerprint density at radius 1 is 1.00 bits per heavy atom. The number of para-hydroxylation sites is 1. The van der Waals surface area contributed by atoms with Crippen LogP contribution < -0.4 is 10.5 Å². The van der Waals surface area contributed by atoms with Gasteiger partial charge < -0.3 is 10.5 Å². The Kier molecular flexibility index (Phi) is 4.79. The molecule has 94 valence electrons. The number of rotatable bonds is 5. The normalized spacial score (nSPS) is 12.1. The minimum Gasteiger partial charge on any atom is -0.492 e. The molecule has 0 aliphatic heterocycles. The average Bonchev–Trinajstić information content (AvgIpc) is 2.40. The molecule has 18 heavy (non-hydrogen) atoms. The summed E-state index contributed by atoms with van der Waals surface area (Å²) in [5, 5.41) is 0. The Bertz CT molecular complexity index is 487. The Morgan fingerprint density at radius 3 is 2.39 bits per heavy atom. The number of nitrogens with two attached hydrogens (primary N) is 1. The van der Waals surface area contributed by atoms with E-state index in [0.29, 0.717) is 6.61 Å². The van der Waals surface area contributed by atoms with Crippen molar-refractivity contribution < 1.29 is 4.74 Å². The SMILES string of the molecule is NC(COc1ccccc1)Cc1ccccc1Br. The standard InChI is InChI=1S/C15H16BrNO/c16-15-9-5-4-6-12(15)10-13(17)11-18-14-7-2-1-3-8-14/h1-9,13H,10-11,17H2. The Labute approximate surface area is 116 Å². The van der Waals surface area contributed by atoms with Crippen LogP contribution in [0.2, 0.25) is 0 Å². The maximum atomic E-state index is 6.08. The summed E-state index contributed by atoms with van der Waals surface area (Å²) in [7, 11) is 0. The van der Waals surface area contributed by atoms with Crippen LogP contribution in [0, 0.1) is 0 Å². The maximum Gasteiger partial charge on any atom is 0.119 e. The molecule has 0 aliphatic rings. The summed E-state index contributed by atoms with van der Waals surface area (Å²) < 4.78 is 6.74. The van der Waals surface area contributed by atoms with Crippen LogP contribution in [0.15, 0.2) is 59.1 Å². The minimum absolute atomic E-state index is 0.0103. The van der Waals surface area contributed by atoms with Crippen molar-refractivity contribution in [1.29, 1.82) is 0 Å². The Hall–Kier alpha value is -1.32. The molecule has 3 heteroatoms. The van der Waals surface area contributed by atoms with Crippen molar-refractivity contribution in [3.8, 4) is 5.75 Å². The molecular weight excluding hydrogens is 290 g/mol. The summed E-state index contributed by atoms with van der Waals surface area (Å²) in [6, 6.07) is 17.9. The first-order valence-electron chi connectivity index (χ1n) is 5.92. The van der Waals surface area contributed by atoms with Gasteiger partial charge in [0.1, 0.15) is 12.4 Å². The van der Waals surface area contributed by atoms with Gasteiger partial charge in [0.05, 0.1) is 0 Å². The lowest BCUT2D eigenvalue weighted by Gasteiger charge is -2.14. The van der Waals surface area contributed by atoms with Crippen molar-refractivity contribution >= 4 is 15.9 Å². The zero-order chi connectivity index (χ0) is 12.8. The minimum atomic E-state index is -0.0103. The lowest BCUT2D eigenvalue weighted by atomic mass is 10.1. The molecule has 0 saturated heterocycles. The largest absolute Gasteiger partial charge is 0.492 e. The van der Waals surface area contributed by atoms with Crippen molar-refractivity contribution in [2.24, 2.45) is 5.73 Å². The molecule has 1 unspecified atom stereocenters. The quantitative estimate of drug-likeness (QED) is 0.919.